The summed E-state index contributed by atoms with van der Waals surface area (Å²) in [5.41, 5.74) is 12.5. The van der Waals surface area contributed by atoms with Crippen molar-refractivity contribution < 1.29 is 20.1 Å². The number of rotatable bonds is 4. The molecule has 0 saturated heterocycles. The summed E-state index contributed by atoms with van der Waals surface area (Å²) in [5.74, 6) is 0. The van der Waals surface area contributed by atoms with Crippen molar-refractivity contribution in [3.8, 4) is 44.8 Å². The molecule has 0 aliphatic carbocycles. The van der Waals surface area contributed by atoms with Crippen molar-refractivity contribution in [3.05, 3.63) is 163 Å². The number of aromatic nitrogens is 3. The van der Waals surface area contributed by atoms with Crippen LogP contribution in [0.1, 0.15) is 37.5 Å². The molecule has 3 aromatic heterocycles. The normalized spacial score (nSPS) is 10.9. The van der Waals surface area contributed by atoms with E-state index in [1.165, 1.54) is 33.2 Å². The van der Waals surface area contributed by atoms with Crippen LogP contribution in [0.5, 0.6) is 0 Å². The second-order valence-corrected chi connectivity index (χ2v) is 12.6. The van der Waals surface area contributed by atoms with Crippen LogP contribution in [-0.4, -0.2) is 15.0 Å². The number of aryl methyl sites for hydroxylation is 2. The molecule has 47 heavy (non-hydrogen) atoms. The zero-order chi connectivity index (χ0) is 32.1. The van der Waals surface area contributed by atoms with Crippen LogP contribution in [-0.2, 0) is 25.5 Å². The first-order chi connectivity index (χ1) is 22.3. The molecule has 0 aliphatic heterocycles. The van der Waals surface area contributed by atoms with E-state index in [-0.39, 0.29) is 25.5 Å². The van der Waals surface area contributed by atoms with Gasteiger partial charge in [0.15, 0.2) is 0 Å². The van der Waals surface area contributed by atoms with Crippen molar-refractivity contribution in [1.29, 1.82) is 0 Å². The Balaban J connectivity index is 0.000000260. The largest absolute Gasteiger partial charge is 0.305 e. The molecule has 1 radical (unpaired) electrons. The van der Waals surface area contributed by atoms with Gasteiger partial charge in [-0.25, -0.2) is 0 Å². The summed E-state index contributed by atoms with van der Waals surface area (Å²) in [6, 6.07) is 44.3. The maximum Gasteiger partial charge on any atom is 0.0352 e. The summed E-state index contributed by atoms with van der Waals surface area (Å²) in [6.07, 6.45) is 7.56. The van der Waals surface area contributed by atoms with Crippen molar-refractivity contribution in [2.75, 3.05) is 0 Å². The quantitative estimate of drug-likeness (QED) is 0.167. The van der Waals surface area contributed by atoms with Gasteiger partial charge in [0.05, 0.1) is 0 Å². The SMILES string of the molecule is Cc1ccc(-c2ccc(-c3cc[c-]c(-c4cc(C(C)(C)C)ccn4)c3)c3cnccc23)cc1.Cc1ccnc(-c2[c-]cccc2)c1.[Ir]. The number of fused-ring (bicyclic) bond motifs is 1. The summed E-state index contributed by atoms with van der Waals surface area (Å²) >= 11 is 0. The second kappa shape index (κ2) is 14.8. The Bertz CT molecular complexity index is 2100. The maximum atomic E-state index is 4.64. The van der Waals surface area contributed by atoms with E-state index < -0.39 is 0 Å². The molecule has 0 saturated carbocycles. The monoisotopic (exact) mass is 788 g/mol. The summed E-state index contributed by atoms with van der Waals surface area (Å²) in [7, 11) is 0. The van der Waals surface area contributed by atoms with Crippen LogP contribution in [0.2, 0.25) is 0 Å². The van der Waals surface area contributed by atoms with Crippen LogP contribution in [0.15, 0.2) is 134 Å². The van der Waals surface area contributed by atoms with Crippen LogP contribution in [0, 0.1) is 26.0 Å². The van der Waals surface area contributed by atoms with E-state index in [4.69, 9.17) is 0 Å². The average molecular weight is 788 g/mol. The number of pyridine rings is 3. The average Bonchev–Trinajstić information content (AvgIpc) is 3.09. The molecule has 7 aromatic rings. The van der Waals surface area contributed by atoms with Crippen molar-refractivity contribution in [1.82, 2.24) is 15.0 Å². The Morgan fingerprint density at radius 1 is 0.553 bits per heavy atom. The fraction of sp³-hybridized carbons (Fsp3) is 0.140. The molecule has 0 unspecified atom stereocenters. The molecule has 4 aromatic carbocycles. The zero-order valence-corrected chi connectivity index (χ0v) is 29.8. The van der Waals surface area contributed by atoms with Gasteiger partial charge in [0.1, 0.15) is 0 Å². The van der Waals surface area contributed by atoms with Crippen LogP contribution >= 0.6 is 0 Å². The Hall–Kier alpha value is -4.76. The fourth-order valence-electron chi connectivity index (χ4n) is 5.49. The Morgan fingerprint density at radius 2 is 1.26 bits per heavy atom. The summed E-state index contributed by atoms with van der Waals surface area (Å²) in [4.78, 5) is 13.4. The fourth-order valence-corrected chi connectivity index (χ4v) is 5.49. The van der Waals surface area contributed by atoms with Gasteiger partial charge in [-0.05, 0) is 76.5 Å². The number of benzene rings is 4. The summed E-state index contributed by atoms with van der Waals surface area (Å²) in [6.45, 7) is 10.8. The molecular weight excluding hydrogens is 751 g/mol. The van der Waals surface area contributed by atoms with E-state index in [0.717, 1.165) is 39.0 Å². The number of nitrogens with zero attached hydrogens (tertiary/aromatic N) is 3. The van der Waals surface area contributed by atoms with Gasteiger partial charge in [-0.2, -0.15) is 0 Å². The first-order valence-electron chi connectivity index (χ1n) is 15.6. The van der Waals surface area contributed by atoms with Gasteiger partial charge in [-0.3, -0.25) is 4.98 Å². The summed E-state index contributed by atoms with van der Waals surface area (Å²) in [5, 5.41) is 2.35. The van der Waals surface area contributed by atoms with E-state index in [2.05, 4.69) is 134 Å². The third-order valence-electron chi connectivity index (χ3n) is 8.10. The van der Waals surface area contributed by atoms with Crippen molar-refractivity contribution >= 4 is 10.8 Å². The van der Waals surface area contributed by atoms with Crippen molar-refractivity contribution in [2.45, 2.75) is 40.0 Å². The molecule has 0 spiro atoms. The first-order valence-corrected chi connectivity index (χ1v) is 15.6. The topological polar surface area (TPSA) is 38.7 Å². The third-order valence-corrected chi connectivity index (χ3v) is 8.10. The van der Waals surface area contributed by atoms with Gasteiger partial charge in [0, 0.05) is 50.3 Å². The Kier molecular flexibility index (Phi) is 10.6. The van der Waals surface area contributed by atoms with E-state index in [9.17, 15) is 0 Å². The Labute approximate surface area is 292 Å². The second-order valence-electron chi connectivity index (χ2n) is 12.6. The van der Waals surface area contributed by atoms with Gasteiger partial charge in [-0.1, -0.05) is 80.4 Å². The molecule has 0 aliphatic rings. The molecule has 0 amide bonds. The third kappa shape index (κ3) is 7.97. The van der Waals surface area contributed by atoms with Crippen LogP contribution < -0.4 is 0 Å². The molecule has 0 fully saturated rings. The number of hydrogen-bond acceptors (Lipinski definition) is 3. The van der Waals surface area contributed by atoms with Gasteiger partial charge in [0.25, 0.3) is 0 Å². The van der Waals surface area contributed by atoms with E-state index in [1.807, 2.05) is 61.2 Å². The predicted octanol–water partition coefficient (Wildman–Crippen LogP) is 10.9. The van der Waals surface area contributed by atoms with E-state index in [0.29, 0.717) is 0 Å². The minimum Gasteiger partial charge on any atom is -0.305 e. The van der Waals surface area contributed by atoms with Gasteiger partial charge in [0.2, 0.25) is 0 Å². The van der Waals surface area contributed by atoms with Crippen LogP contribution in [0.4, 0.5) is 0 Å². The number of hydrogen-bond donors (Lipinski definition) is 0. The molecule has 0 atom stereocenters. The molecule has 0 N–H and O–H groups in total. The molecule has 4 heteroatoms. The molecule has 3 heterocycles. The smallest absolute Gasteiger partial charge is 0.0352 e. The van der Waals surface area contributed by atoms with Gasteiger partial charge < -0.3 is 9.97 Å². The maximum absolute atomic E-state index is 4.64. The molecule has 0 bridgehead atoms. The standard InChI is InChI=1S/C31H27N2.C12H10N.Ir/c1-21-8-10-22(11-9-21)26-12-13-27(29-20-32-16-15-28(26)29)23-6-5-7-24(18-23)30-19-25(14-17-33-30)31(2,3)4;1-10-7-8-13-12(9-10)11-5-3-2-4-6-11;/h5-6,8-20H,1-4H3;2-5,7-9H,1H3;/q2*-1;. The molecular formula is C43H37IrN3-2. The van der Waals surface area contributed by atoms with Crippen molar-refractivity contribution in [2.24, 2.45) is 0 Å². The van der Waals surface area contributed by atoms with Gasteiger partial charge >= 0.3 is 0 Å². The van der Waals surface area contributed by atoms with Gasteiger partial charge in [-0.15, -0.1) is 71.3 Å². The zero-order valence-electron chi connectivity index (χ0n) is 27.4. The minimum atomic E-state index is 0. The van der Waals surface area contributed by atoms with Crippen molar-refractivity contribution in [3.63, 3.8) is 0 Å². The minimum absolute atomic E-state index is 0. The predicted molar refractivity (Wildman–Crippen MR) is 191 cm³/mol. The Morgan fingerprint density at radius 3 is 1.96 bits per heavy atom. The molecule has 235 valence electrons. The first kappa shape index (κ1) is 33.6. The van der Waals surface area contributed by atoms with E-state index >= 15 is 0 Å². The summed E-state index contributed by atoms with van der Waals surface area (Å²) < 4.78 is 0. The molecule has 3 nitrogen and oxygen atoms in total. The van der Waals surface area contributed by atoms with Crippen LogP contribution in [0.25, 0.3) is 55.5 Å². The van der Waals surface area contributed by atoms with E-state index in [1.54, 1.807) is 0 Å². The molecule has 7 rings (SSSR count). The van der Waals surface area contributed by atoms with Crippen LogP contribution in [0.3, 0.4) is 0 Å².